The van der Waals surface area contributed by atoms with E-state index < -0.39 is 0 Å². The van der Waals surface area contributed by atoms with Gasteiger partial charge in [0.1, 0.15) is 0 Å². The Labute approximate surface area is 136 Å². The predicted molar refractivity (Wildman–Crippen MR) is 89.5 cm³/mol. The molecule has 0 bridgehead atoms. The zero-order chi connectivity index (χ0) is 14.7. The highest BCUT2D eigenvalue weighted by atomic mass is 35.5. The molecule has 116 valence electrons. The second-order valence-corrected chi connectivity index (χ2v) is 8.20. The van der Waals surface area contributed by atoms with Crippen LogP contribution in [-0.4, -0.2) is 17.8 Å². The summed E-state index contributed by atoms with van der Waals surface area (Å²) in [5.74, 6) is 0.739. The van der Waals surface area contributed by atoms with Crippen molar-refractivity contribution in [2.24, 2.45) is 5.92 Å². The zero-order valence-electron chi connectivity index (χ0n) is 12.5. The molecule has 0 unspecified atom stereocenters. The number of halogens is 1. The number of fused-ring (bicyclic) bond motifs is 1. The van der Waals surface area contributed by atoms with Crippen molar-refractivity contribution in [3.63, 3.8) is 0 Å². The Bertz CT molecular complexity index is 467. The molecule has 1 aromatic rings. The number of amides is 1. The SMILES string of the molecule is O=C(NCC1CCC(Cl)CC1)c1cc2c(s1)CCCCC2. The maximum atomic E-state index is 12.3. The highest BCUT2D eigenvalue weighted by Crippen LogP contribution is 2.30. The molecule has 0 saturated heterocycles. The van der Waals surface area contributed by atoms with E-state index in [0.717, 1.165) is 49.9 Å². The fourth-order valence-electron chi connectivity index (χ4n) is 3.43. The largest absolute Gasteiger partial charge is 0.351 e. The van der Waals surface area contributed by atoms with Gasteiger partial charge in [-0.15, -0.1) is 22.9 Å². The first kappa shape index (κ1) is 15.4. The first-order valence-corrected chi connectivity index (χ1v) is 9.51. The van der Waals surface area contributed by atoms with Crippen LogP contribution in [0.5, 0.6) is 0 Å². The van der Waals surface area contributed by atoms with Crippen molar-refractivity contribution < 1.29 is 4.79 Å². The summed E-state index contributed by atoms with van der Waals surface area (Å²) in [5.41, 5.74) is 1.42. The Balaban J connectivity index is 1.53. The molecule has 21 heavy (non-hydrogen) atoms. The zero-order valence-corrected chi connectivity index (χ0v) is 14.1. The average molecular weight is 326 g/mol. The number of carbonyl (C=O) groups is 1. The fourth-order valence-corrected chi connectivity index (χ4v) is 4.85. The van der Waals surface area contributed by atoms with Gasteiger partial charge in [0, 0.05) is 16.8 Å². The number of hydrogen-bond donors (Lipinski definition) is 1. The molecule has 2 aliphatic rings. The lowest BCUT2D eigenvalue weighted by molar-refractivity contribution is 0.0947. The second-order valence-electron chi connectivity index (χ2n) is 6.45. The van der Waals surface area contributed by atoms with E-state index in [2.05, 4.69) is 11.4 Å². The summed E-state index contributed by atoms with van der Waals surface area (Å²) in [7, 11) is 0. The molecule has 1 aromatic heterocycles. The minimum absolute atomic E-state index is 0.126. The third-order valence-electron chi connectivity index (χ3n) is 4.80. The van der Waals surface area contributed by atoms with Gasteiger partial charge >= 0.3 is 0 Å². The van der Waals surface area contributed by atoms with Crippen LogP contribution in [0.4, 0.5) is 0 Å². The molecule has 4 heteroatoms. The van der Waals surface area contributed by atoms with Gasteiger partial charge in [-0.2, -0.15) is 0 Å². The van der Waals surface area contributed by atoms with Crippen LogP contribution in [-0.2, 0) is 12.8 Å². The number of nitrogens with one attached hydrogen (secondary N) is 1. The van der Waals surface area contributed by atoms with Gasteiger partial charge in [0.25, 0.3) is 5.91 Å². The molecule has 1 saturated carbocycles. The lowest BCUT2D eigenvalue weighted by Crippen LogP contribution is -2.31. The van der Waals surface area contributed by atoms with E-state index in [1.165, 1.54) is 29.7 Å². The normalized spacial score (nSPS) is 26.0. The Hall–Kier alpha value is -0.540. The summed E-state index contributed by atoms with van der Waals surface area (Å²) in [6, 6.07) is 2.14. The third-order valence-corrected chi connectivity index (χ3v) is 6.47. The molecule has 1 heterocycles. The van der Waals surface area contributed by atoms with E-state index in [0.29, 0.717) is 11.3 Å². The predicted octanol–water partition coefficient (Wildman–Crippen LogP) is 4.54. The highest BCUT2D eigenvalue weighted by molar-refractivity contribution is 7.14. The molecule has 1 amide bonds. The molecule has 0 atom stereocenters. The molecule has 0 aromatic carbocycles. The van der Waals surface area contributed by atoms with Crippen LogP contribution in [0.15, 0.2) is 6.07 Å². The number of aryl methyl sites for hydroxylation is 2. The van der Waals surface area contributed by atoms with Gasteiger partial charge in [-0.05, 0) is 68.9 Å². The van der Waals surface area contributed by atoms with Crippen LogP contribution >= 0.6 is 22.9 Å². The number of thiophene rings is 1. The van der Waals surface area contributed by atoms with Crippen LogP contribution in [0.1, 0.15) is 65.1 Å². The van der Waals surface area contributed by atoms with Gasteiger partial charge in [-0.1, -0.05) is 6.42 Å². The van der Waals surface area contributed by atoms with Crippen molar-refractivity contribution in [1.29, 1.82) is 0 Å². The van der Waals surface area contributed by atoms with E-state index in [4.69, 9.17) is 11.6 Å². The number of hydrogen-bond acceptors (Lipinski definition) is 2. The van der Waals surface area contributed by atoms with Gasteiger partial charge in [0.05, 0.1) is 4.88 Å². The second kappa shape index (κ2) is 7.15. The summed E-state index contributed by atoms with van der Waals surface area (Å²) < 4.78 is 0. The summed E-state index contributed by atoms with van der Waals surface area (Å²) in [4.78, 5) is 14.7. The van der Waals surface area contributed by atoms with Gasteiger partial charge in [-0.3, -0.25) is 4.79 Å². The molecular formula is C17H24ClNOS. The number of carbonyl (C=O) groups excluding carboxylic acids is 1. The van der Waals surface area contributed by atoms with Crippen LogP contribution in [0.25, 0.3) is 0 Å². The van der Waals surface area contributed by atoms with Crippen molar-refractivity contribution >= 4 is 28.8 Å². The van der Waals surface area contributed by atoms with Crippen LogP contribution in [0.3, 0.4) is 0 Å². The highest BCUT2D eigenvalue weighted by Gasteiger charge is 2.21. The minimum Gasteiger partial charge on any atom is -0.351 e. The Kier molecular flexibility index (Phi) is 5.23. The smallest absolute Gasteiger partial charge is 0.261 e. The fraction of sp³-hybridized carbons (Fsp3) is 0.706. The first-order valence-electron chi connectivity index (χ1n) is 8.26. The van der Waals surface area contributed by atoms with Crippen molar-refractivity contribution in [1.82, 2.24) is 5.32 Å². The van der Waals surface area contributed by atoms with Crippen LogP contribution in [0, 0.1) is 5.92 Å². The minimum atomic E-state index is 0.126. The van der Waals surface area contributed by atoms with Gasteiger partial charge in [0.15, 0.2) is 0 Å². The van der Waals surface area contributed by atoms with E-state index in [1.807, 2.05) is 0 Å². The summed E-state index contributed by atoms with van der Waals surface area (Å²) in [5, 5.41) is 3.49. The molecule has 2 nitrogen and oxygen atoms in total. The van der Waals surface area contributed by atoms with Crippen molar-refractivity contribution in [2.75, 3.05) is 6.54 Å². The number of rotatable bonds is 3. The molecule has 1 fully saturated rings. The molecular weight excluding hydrogens is 302 g/mol. The van der Waals surface area contributed by atoms with Crippen molar-refractivity contribution in [3.05, 3.63) is 21.4 Å². The first-order chi connectivity index (χ1) is 10.2. The lowest BCUT2D eigenvalue weighted by atomic mass is 9.89. The average Bonchev–Trinajstić information content (AvgIpc) is 2.78. The van der Waals surface area contributed by atoms with E-state index in [9.17, 15) is 4.79 Å². The van der Waals surface area contributed by atoms with Crippen molar-refractivity contribution in [3.8, 4) is 0 Å². The van der Waals surface area contributed by atoms with E-state index >= 15 is 0 Å². The lowest BCUT2D eigenvalue weighted by Gasteiger charge is -2.24. The third kappa shape index (κ3) is 4.01. The quantitative estimate of drug-likeness (QED) is 0.641. The van der Waals surface area contributed by atoms with Crippen LogP contribution in [0.2, 0.25) is 0 Å². The van der Waals surface area contributed by atoms with Gasteiger partial charge < -0.3 is 5.32 Å². The standard InChI is InChI=1S/C17H24ClNOS/c18-14-8-6-12(7-9-14)11-19-17(20)16-10-13-4-2-1-3-5-15(13)21-16/h10,12,14H,1-9,11H2,(H,19,20). The summed E-state index contributed by atoms with van der Waals surface area (Å²) in [6.45, 7) is 0.811. The molecule has 2 aliphatic carbocycles. The van der Waals surface area contributed by atoms with Gasteiger partial charge in [-0.25, -0.2) is 0 Å². The maximum Gasteiger partial charge on any atom is 0.261 e. The topological polar surface area (TPSA) is 29.1 Å². The van der Waals surface area contributed by atoms with E-state index in [-0.39, 0.29) is 5.91 Å². The van der Waals surface area contributed by atoms with Gasteiger partial charge in [0.2, 0.25) is 0 Å². The Morgan fingerprint density at radius 1 is 1.19 bits per heavy atom. The molecule has 3 rings (SSSR count). The molecule has 0 spiro atoms. The maximum absolute atomic E-state index is 12.3. The van der Waals surface area contributed by atoms with Crippen molar-refractivity contribution in [2.45, 2.75) is 63.2 Å². The summed E-state index contributed by atoms with van der Waals surface area (Å²) in [6.07, 6.45) is 10.7. The molecule has 0 radical (unpaired) electrons. The van der Waals surface area contributed by atoms with Crippen LogP contribution < -0.4 is 5.32 Å². The Morgan fingerprint density at radius 3 is 2.76 bits per heavy atom. The molecule has 1 N–H and O–H groups in total. The summed E-state index contributed by atoms with van der Waals surface area (Å²) >= 11 is 7.84. The Morgan fingerprint density at radius 2 is 1.95 bits per heavy atom. The van der Waals surface area contributed by atoms with E-state index in [1.54, 1.807) is 11.3 Å². The monoisotopic (exact) mass is 325 g/mol. The molecule has 0 aliphatic heterocycles. The number of alkyl halides is 1.